The van der Waals surface area contributed by atoms with Gasteiger partial charge < -0.3 is 9.47 Å². The maximum absolute atomic E-state index is 12.5. The summed E-state index contributed by atoms with van der Waals surface area (Å²) in [7, 11) is 1.24. The average molecular weight is 295 g/mol. The molecule has 1 atom stereocenters. The van der Waals surface area contributed by atoms with Crippen molar-refractivity contribution in [2.45, 2.75) is 58.1 Å². The molecule has 0 radical (unpaired) electrons. The number of amides is 2. The molecule has 6 heteroatoms. The minimum absolute atomic E-state index is 0.222. The van der Waals surface area contributed by atoms with Gasteiger partial charge in [-0.15, -0.1) is 0 Å². The summed E-state index contributed by atoms with van der Waals surface area (Å²) in [5.74, 6) is -1.02. The van der Waals surface area contributed by atoms with E-state index in [2.05, 4.69) is 0 Å². The highest BCUT2D eigenvalue weighted by Crippen LogP contribution is 2.36. The van der Waals surface area contributed by atoms with Gasteiger partial charge in [-0.25, -0.2) is 14.5 Å². The molecule has 1 aliphatic heterocycles. The first-order valence-corrected chi connectivity index (χ1v) is 7.10. The Morgan fingerprint density at radius 2 is 1.86 bits per heavy atom. The van der Waals surface area contributed by atoms with Crippen molar-refractivity contribution in [1.82, 2.24) is 4.90 Å². The number of allylic oxidation sites excluding steroid dienone is 1. The van der Waals surface area contributed by atoms with Crippen LogP contribution in [0.15, 0.2) is 11.1 Å². The van der Waals surface area contributed by atoms with E-state index >= 15 is 0 Å². The summed E-state index contributed by atoms with van der Waals surface area (Å²) < 4.78 is 9.94. The van der Waals surface area contributed by atoms with Gasteiger partial charge in [0.1, 0.15) is 11.6 Å². The van der Waals surface area contributed by atoms with Gasteiger partial charge in [-0.3, -0.25) is 4.79 Å². The summed E-state index contributed by atoms with van der Waals surface area (Å²) in [5, 5.41) is 0. The Morgan fingerprint density at radius 1 is 1.24 bits per heavy atom. The topological polar surface area (TPSA) is 72.9 Å². The molecule has 116 valence electrons. The molecule has 2 amide bonds. The number of carbonyl (C=O) groups excluding carboxylic acids is 3. The van der Waals surface area contributed by atoms with Gasteiger partial charge in [0, 0.05) is 12.0 Å². The maximum Gasteiger partial charge on any atom is 0.418 e. The van der Waals surface area contributed by atoms with Gasteiger partial charge in [0.2, 0.25) is 0 Å². The molecule has 1 saturated heterocycles. The first-order valence-electron chi connectivity index (χ1n) is 7.10. The molecule has 0 aromatic carbocycles. The number of hydrogen-bond donors (Lipinski definition) is 0. The number of hydrogen-bond acceptors (Lipinski definition) is 5. The first kappa shape index (κ1) is 15.5. The zero-order chi connectivity index (χ0) is 15.8. The largest absolute Gasteiger partial charge is 0.467 e. The van der Waals surface area contributed by atoms with Crippen LogP contribution in [0.4, 0.5) is 4.79 Å². The van der Waals surface area contributed by atoms with Crippen LogP contribution in [0.5, 0.6) is 0 Å². The molecule has 6 nitrogen and oxygen atoms in total. The quantitative estimate of drug-likeness (QED) is 0.547. The Bertz CT molecular complexity index is 509. The number of rotatable bonds is 1. The van der Waals surface area contributed by atoms with Crippen molar-refractivity contribution in [2.24, 2.45) is 0 Å². The minimum atomic E-state index is -0.916. The van der Waals surface area contributed by atoms with Crippen molar-refractivity contribution in [3.8, 4) is 0 Å². The normalized spacial score (nSPS) is 22.2. The molecule has 0 bridgehead atoms. The second-order valence-corrected chi connectivity index (χ2v) is 6.33. The number of nitrogens with zero attached hydrogens (tertiary/aromatic N) is 1. The molecule has 0 spiro atoms. The summed E-state index contributed by atoms with van der Waals surface area (Å²) in [6.45, 7) is 5.14. The number of imide groups is 1. The van der Waals surface area contributed by atoms with Gasteiger partial charge >= 0.3 is 12.1 Å². The van der Waals surface area contributed by atoms with Crippen LogP contribution in [0.25, 0.3) is 0 Å². The van der Waals surface area contributed by atoms with Crippen LogP contribution < -0.4 is 0 Å². The van der Waals surface area contributed by atoms with Crippen LogP contribution in [0.1, 0.15) is 46.5 Å². The standard InChI is InChI=1S/C15H21NO5/c1-15(2,3)21-14(19)16-11(13(18)20-4)8-10(12(16)17)9-6-5-7-9/h11H,5-8H2,1-4H3/t11-/m0/s1. The summed E-state index contributed by atoms with van der Waals surface area (Å²) in [6.07, 6.45) is 2.19. The SMILES string of the molecule is COC(=O)[C@@H]1CC(=C2CCC2)C(=O)N1C(=O)OC(C)(C)C. The van der Waals surface area contributed by atoms with Crippen molar-refractivity contribution in [1.29, 1.82) is 0 Å². The molecule has 1 aliphatic carbocycles. The predicted octanol–water partition coefficient (Wildman–Crippen LogP) is 2.18. The van der Waals surface area contributed by atoms with E-state index in [1.807, 2.05) is 0 Å². The lowest BCUT2D eigenvalue weighted by Crippen LogP contribution is -2.46. The molecule has 0 aromatic heterocycles. The Hall–Kier alpha value is -1.85. The predicted molar refractivity (Wildman–Crippen MR) is 74.4 cm³/mol. The van der Waals surface area contributed by atoms with E-state index in [9.17, 15) is 14.4 Å². The second-order valence-electron chi connectivity index (χ2n) is 6.33. The maximum atomic E-state index is 12.5. The Morgan fingerprint density at radius 3 is 2.29 bits per heavy atom. The minimum Gasteiger partial charge on any atom is -0.467 e. The fraction of sp³-hybridized carbons (Fsp3) is 0.667. The number of carbonyl (C=O) groups is 3. The van der Waals surface area contributed by atoms with Crippen molar-refractivity contribution >= 4 is 18.0 Å². The molecule has 2 rings (SSSR count). The Balaban J connectivity index is 2.28. The van der Waals surface area contributed by atoms with E-state index in [-0.39, 0.29) is 6.42 Å². The van der Waals surface area contributed by atoms with Crippen LogP contribution in [0.2, 0.25) is 0 Å². The Labute approximate surface area is 124 Å². The highest BCUT2D eigenvalue weighted by molar-refractivity contribution is 6.09. The van der Waals surface area contributed by atoms with Gasteiger partial charge in [-0.05, 0) is 40.0 Å². The van der Waals surface area contributed by atoms with E-state index in [1.54, 1.807) is 20.8 Å². The lowest BCUT2D eigenvalue weighted by Gasteiger charge is -2.26. The molecule has 21 heavy (non-hydrogen) atoms. The van der Waals surface area contributed by atoms with Gasteiger partial charge in [0.15, 0.2) is 0 Å². The number of esters is 1. The molecule has 0 aromatic rings. The lowest BCUT2D eigenvalue weighted by molar-refractivity contribution is -0.148. The molecular weight excluding hydrogens is 274 g/mol. The summed E-state index contributed by atoms with van der Waals surface area (Å²) in [4.78, 5) is 37.5. The van der Waals surface area contributed by atoms with Gasteiger partial charge in [0.25, 0.3) is 5.91 Å². The molecule has 0 unspecified atom stereocenters. The molecular formula is C15H21NO5. The average Bonchev–Trinajstić information content (AvgIpc) is 2.62. The highest BCUT2D eigenvalue weighted by atomic mass is 16.6. The summed E-state index contributed by atoms with van der Waals surface area (Å²) in [5.41, 5.74) is 0.882. The summed E-state index contributed by atoms with van der Waals surface area (Å²) in [6, 6.07) is -0.916. The third-order valence-corrected chi connectivity index (χ3v) is 3.63. The highest BCUT2D eigenvalue weighted by Gasteiger charge is 2.47. The number of ether oxygens (including phenoxy) is 2. The second kappa shape index (κ2) is 5.50. The number of methoxy groups -OCH3 is 1. The van der Waals surface area contributed by atoms with Crippen LogP contribution in [0.3, 0.4) is 0 Å². The number of likely N-dealkylation sites (tertiary alicyclic amines) is 1. The van der Waals surface area contributed by atoms with E-state index in [0.29, 0.717) is 5.57 Å². The van der Waals surface area contributed by atoms with Crippen molar-refractivity contribution in [3.05, 3.63) is 11.1 Å². The fourth-order valence-corrected chi connectivity index (χ4v) is 2.46. The van der Waals surface area contributed by atoms with E-state index in [0.717, 1.165) is 29.7 Å². The molecule has 1 saturated carbocycles. The van der Waals surface area contributed by atoms with Crippen molar-refractivity contribution in [2.75, 3.05) is 7.11 Å². The lowest BCUT2D eigenvalue weighted by atomic mass is 9.87. The monoisotopic (exact) mass is 295 g/mol. The third-order valence-electron chi connectivity index (χ3n) is 3.63. The smallest absolute Gasteiger partial charge is 0.418 e. The molecule has 2 aliphatic rings. The van der Waals surface area contributed by atoms with Crippen molar-refractivity contribution in [3.63, 3.8) is 0 Å². The molecule has 1 heterocycles. The van der Waals surface area contributed by atoms with E-state index in [4.69, 9.17) is 9.47 Å². The zero-order valence-electron chi connectivity index (χ0n) is 12.9. The van der Waals surface area contributed by atoms with Crippen LogP contribution in [-0.4, -0.2) is 41.6 Å². The fourth-order valence-electron chi connectivity index (χ4n) is 2.46. The van der Waals surface area contributed by atoms with Crippen LogP contribution in [0, 0.1) is 0 Å². The van der Waals surface area contributed by atoms with Gasteiger partial charge in [-0.1, -0.05) is 5.57 Å². The van der Waals surface area contributed by atoms with Crippen molar-refractivity contribution < 1.29 is 23.9 Å². The van der Waals surface area contributed by atoms with E-state index < -0.39 is 29.6 Å². The van der Waals surface area contributed by atoms with Gasteiger partial charge in [-0.2, -0.15) is 0 Å². The molecule has 0 N–H and O–H groups in total. The zero-order valence-corrected chi connectivity index (χ0v) is 12.9. The Kier molecular flexibility index (Phi) is 4.07. The van der Waals surface area contributed by atoms with Crippen LogP contribution >= 0.6 is 0 Å². The third kappa shape index (κ3) is 3.09. The van der Waals surface area contributed by atoms with E-state index in [1.165, 1.54) is 7.11 Å². The van der Waals surface area contributed by atoms with Gasteiger partial charge in [0.05, 0.1) is 7.11 Å². The first-order chi connectivity index (χ1) is 9.74. The molecule has 2 fully saturated rings. The van der Waals surface area contributed by atoms with Crippen LogP contribution in [-0.2, 0) is 19.1 Å². The summed E-state index contributed by atoms with van der Waals surface area (Å²) >= 11 is 0.